The standard InChI is InChI=1S/C19H17N3O4/c1-12-20-14-7-6-13(10-17(14)26-12)21-18(23)11-22-15-4-2-3-5-16(15)25-9-8-19(22)24/h2-7,10H,8-9,11H2,1H3,(H,21,23). The third-order valence-corrected chi connectivity index (χ3v) is 4.11. The topological polar surface area (TPSA) is 84.7 Å². The van der Waals surface area contributed by atoms with Crippen LogP contribution < -0.4 is 15.0 Å². The Hall–Kier alpha value is -3.35. The first-order chi connectivity index (χ1) is 12.6. The van der Waals surface area contributed by atoms with Crippen LogP contribution in [0.25, 0.3) is 11.1 Å². The van der Waals surface area contributed by atoms with E-state index in [4.69, 9.17) is 9.15 Å². The van der Waals surface area contributed by atoms with E-state index in [1.807, 2.05) is 12.1 Å². The molecule has 0 unspecified atom stereocenters. The van der Waals surface area contributed by atoms with Crippen LogP contribution in [0.4, 0.5) is 11.4 Å². The minimum Gasteiger partial charge on any atom is -0.491 e. The minimum atomic E-state index is -0.300. The molecule has 132 valence electrons. The average molecular weight is 351 g/mol. The molecule has 0 atom stereocenters. The van der Waals surface area contributed by atoms with Crippen molar-refractivity contribution in [2.75, 3.05) is 23.4 Å². The van der Waals surface area contributed by atoms with Crippen molar-refractivity contribution in [2.45, 2.75) is 13.3 Å². The summed E-state index contributed by atoms with van der Waals surface area (Å²) in [6.45, 7) is 1.98. The number of para-hydroxylation sites is 2. The Labute approximate surface area is 149 Å². The first kappa shape index (κ1) is 16.1. The zero-order valence-corrected chi connectivity index (χ0v) is 14.2. The van der Waals surface area contributed by atoms with Gasteiger partial charge in [0.2, 0.25) is 11.8 Å². The lowest BCUT2D eigenvalue weighted by atomic mass is 10.2. The second kappa shape index (κ2) is 6.51. The lowest BCUT2D eigenvalue weighted by Crippen LogP contribution is -2.37. The molecule has 1 N–H and O–H groups in total. The molecule has 1 aliphatic rings. The Morgan fingerprint density at radius 3 is 3.00 bits per heavy atom. The Bertz CT molecular complexity index is 995. The molecular formula is C19H17N3O4. The van der Waals surface area contributed by atoms with E-state index < -0.39 is 0 Å². The number of rotatable bonds is 3. The number of anilines is 2. The van der Waals surface area contributed by atoms with E-state index in [1.165, 1.54) is 4.90 Å². The number of carbonyl (C=O) groups excluding carboxylic acids is 2. The fourth-order valence-electron chi connectivity index (χ4n) is 2.95. The number of nitrogens with one attached hydrogen (secondary N) is 1. The summed E-state index contributed by atoms with van der Waals surface area (Å²) >= 11 is 0. The van der Waals surface area contributed by atoms with Gasteiger partial charge < -0.3 is 14.5 Å². The molecule has 3 aromatic rings. The molecule has 0 saturated heterocycles. The molecule has 2 aromatic carbocycles. The number of aromatic nitrogens is 1. The van der Waals surface area contributed by atoms with Gasteiger partial charge in [-0.1, -0.05) is 12.1 Å². The number of hydrogen-bond donors (Lipinski definition) is 1. The van der Waals surface area contributed by atoms with Crippen LogP contribution in [0.1, 0.15) is 12.3 Å². The zero-order valence-electron chi connectivity index (χ0n) is 14.2. The maximum Gasteiger partial charge on any atom is 0.244 e. The number of ether oxygens (including phenoxy) is 1. The summed E-state index contributed by atoms with van der Waals surface area (Å²) in [6, 6.07) is 12.5. The molecular weight excluding hydrogens is 334 g/mol. The molecule has 7 nitrogen and oxygen atoms in total. The number of nitrogens with zero attached hydrogens (tertiary/aromatic N) is 2. The number of amides is 2. The van der Waals surface area contributed by atoms with Gasteiger partial charge in [-0.15, -0.1) is 0 Å². The van der Waals surface area contributed by atoms with E-state index in [0.717, 1.165) is 5.52 Å². The van der Waals surface area contributed by atoms with Crippen molar-refractivity contribution < 1.29 is 18.7 Å². The van der Waals surface area contributed by atoms with E-state index in [0.29, 0.717) is 35.2 Å². The van der Waals surface area contributed by atoms with Gasteiger partial charge in [0.1, 0.15) is 17.8 Å². The van der Waals surface area contributed by atoms with Crippen LogP contribution in [0.15, 0.2) is 46.9 Å². The Balaban J connectivity index is 1.54. The van der Waals surface area contributed by atoms with E-state index in [-0.39, 0.29) is 24.8 Å². The van der Waals surface area contributed by atoms with Gasteiger partial charge in [0.25, 0.3) is 0 Å². The van der Waals surface area contributed by atoms with Gasteiger partial charge in [0.15, 0.2) is 11.5 Å². The maximum atomic E-state index is 12.5. The van der Waals surface area contributed by atoms with Crippen molar-refractivity contribution in [1.29, 1.82) is 0 Å². The van der Waals surface area contributed by atoms with E-state index in [2.05, 4.69) is 10.3 Å². The summed E-state index contributed by atoms with van der Waals surface area (Å²) in [5.74, 6) is 0.719. The number of carbonyl (C=O) groups is 2. The number of fused-ring (bicyclic) bond motifs is 2. The molecule has 0 aliphatic carbocycles. The highest BCUT2D eigenvalue weighted by Crippen LogP contribution is 2.30. The van der Waals surface area contributed by atoms with Gasteiger partial charge in [0, 0.05) is 18.7 Å². The van der Waals surface area contributed by atoms with Crippen molar-refractivity contribution in [3.05, 3.63) is 48.4 Å². The average Bonchev–Trinajstić information content (AvgIpc) is 2.91. The maximum absolute atomic E-state index is 12.5. The van der Waals surface area contributed by atoms with Gasteiger partial charge in [-0.05, 0) is 24.3 Å². The molecule has 0 radical (unpaired) electrons. The highest BCUT2D eigenvalue weighted by molar-refractivity contribution is 6.04. The van der Waals surface area contributed by atoms with Crippen molar-refractivity contribution in [3.63, 3.8) is 0 Å². The fraction of sp³-hybridized carbons (Fsp3) is 0.211. The molecule has 1 aliphatic heterocycles. The number of benzene rings is 2. The van der Waals surface area contributed by atoms with E-state index in [1.54, 1.807) is 37.3 Å². The Kier molecular flexibility index (Phi) is 4.04. The summed E-state index contributed by atoms with van der Waals surface area (Å²) in [5.41, 5.74) is 2.52. The van der Waals surface area contributed by atoms with Gasteiger partial charge in [-0.2, -0.15) is 0 Å². The normalized spacial score (nSPS) is 13.9. The minimum absolute atomic E-state index is 0.0906. The molecule has 0 bridgehead atoms. The van der Waals surface area contributed by atoms with Crippen LogP contribution in [-0.2, 0) is 9.59 Å². The van der Waals surface area contributed by atoms with Crippen molar-refractivity contribution >= 4 is 34.3 Å². The number of hydrogen-bond acceptors (Lipinski definition) is 5. The Morgan fingerprint density at radius 2 is 2.12 bits per heavy atom. The highest BCUT2D eigenvalue weighted by atomic mass is 16.5. The largest absolute Gasteiger partial charge is 0.491 e. The number of aryl methyl sites for hydroxylation is 1. The van der Waals surface area contributed by atoms with Crippen LogP contribution in [0.5, 0.6) is 5.75 Å². The van der Waals surface area contributed by atoms with E-state index >= 15 is 0 Å². The van der Waals surface area contributed by atoms with Gasteiger partial charge in [-0.3, -0.25) is 14.5 Å². The second-order valence-electron chi connectivity index (χ2n) is 6.01. The molecule has 4 rings (SSSR count). The summed E-state index contributed by atoms with van der Waals surface area (Å²) in [4.78, 5) is 30.6. The predicted octanol–water partition coefficient (Wildman–Crippen LogP) is 2.89. The number of oxazole rings is 1. The SMILES string of the molecule is Cc1nc2ccc(NC(=O)CN3C(=O)CCOc4ccccc43)cc2o1. The molecule has 1 aromatic heterocycles. The summed E-state index contributed by atoms with van der Waals surface area (Å²) < 4.78 is 11.1. The lowest BCUT2D eigenvalue weighted by Gasteiger charge is -2.21. The summed E-state index contributed by atoms with van der Waals surface area (Å²) in [7, 11) is 0. The first-order valence-electron chi connectivity index (χ1n) is 8.29. The third-order valence-electron chi connectivity index (χ3n) is 4.11. The van der Waals surface area contributed by atoms with Crippen LogP contribution in [-0.4, -0.2) is 29.9 Å². The van der Waals surface area contributed by atoms with E-state index in [9.17, 15) is 9.59 Å². The smallest absolute Gasteiger partial charge is 0.244 e. The van der Waals surface area contributed by atoms with Crippen LogP contribution >= 0.6 is 0 Å². The molecule has 0 saturated carbocycles. The summed E-state index contributed by atoms with van der Waals surface area (Å²) in [5, 5.41) is 2.80. The van der Waals surface area contributed by atoms with Crippen molar-refractivity contribution in [1.82, 2.24) is 4.98 Å². The van der Waals surface area contributed by atoms with Crippen LogP contribution in [0.2, 0.25) is 0 Å². The molecule has 0 fully saturated rings. The molecule has 7 heteroatoms. The van der Waals surface area contributed by atoms with Crippen molar-refractivity contribution in [2.24, 2.45) is 0 Å². The second-order valence-corrected chi connectivity index (χ2v) is 6.01. The monoisotopic (exact) mass is 351 g/mol. The quantitative estimate of drug-likeness (QED) is 0.784. The van der Waals surface area contributed by atoms with Crippen molar-refractivity contribution in [3.8, 4) is 5.75 Å². The lowest BCUT2D eigenvalue weighted by molar-refractivity contribution is -0.121. The molecule has 0 spiro atoms. The van der Waals surface area contributed by atoms with Gasteiger partial charge in [0.05, 0.1) is 18.7 Å². The first-order valence-corrected chi connectivity index (χ1v) is 8.29. The fourth-order valence-corrected chi connectivity index (χ4v) is 2.95. The van der Waals surface area contributed by atoms with Gasteiger partial charge in [-0.25, -0.2) is 4.98 Å². The summed E-state index contributed by atoms with van der Waals surface area (Å²) in [6.07, 6.45) is 0.227. The van der Waals surface area contributed by atoms with Crippen LogP contribution in [0.3, 0.4) is 0 Å². The van der Waals surface area contributed by atoms with Gasteiger partial charge >= 0.3 is 0 Å². The van der Waals surface area contributed by atoms with Crippen LogP contribution in [0, 0.1) is 6.92 Å². The Morgan fingerprint density at radius 1 is 1.27 bits per heavy atom. The third kappa shape index (κ3) is 3.11. The predicted molar refractivity (Wildman–Crippen MR) is 96.3 cm³/mol. The zero-order chi connectivity index (χ0) is 18.1. The highest BCUT2D eigenvalue weighted by Gasteiger charge is 2.25. The molecule has 26 heavy (non-hydrogen) atoms. The molecule has 2 amide bonds. The molecule has 2 heterocycles.